The average molecular weight is 279 g/mol. The Kier molecular flexibility index (Phi) is 6.03. The standard InChI is InChI=1S/C15H25N3O2/c1-5-8-16-11-13(19)17-12-6-9-18(10-7-12)14(20)15(2,3)4/h1,12,16H,6-11H2,2-4H3,(H,17,19). The van der Waals surface area contributed by atoms with Crippen LogP contribution in [0.2, 0.25) is 0 Å². The zero-order valence-corrected chi connectivity index (χ0v) is 12.7. The molecule has 5 heteroatoms. The zero-order valence-electron chi connectivity index (χ0n) is 12.7. The Bertz CT molecular complexity index is 385. The van der Waals surface area contributed by atoms with Crippen LogP contribution in [0.4, 0.5) is 0 Å². The number of nitrogens with zero attached hydrogens (tertiary/aromatic N) is 1. The molecule has 0 saturated carbocycles. The summed E-state index contributed by atoms with van der Waals surface area (Å²) >= 11 is 0. The summed E-state index contributed by atoms with van der Waals surface area (Å²) in [5.41, 5.74) is -0.338. The van der Waals surface area contributed by atoms with Gasteiger partial charge in [-0.25, -0.2) is 0 Å². The van der Waals surface area contributed by atoms with Crippen molar-refractivity contribution >= 4 is 11.8 Å². The topological polar surface area (TPSA) is 61.4 Å². The Hall–Kier alpha value is -1.54. The van der Waals surface area contributed by atoms with Gasteiger partial charge in [-0.1, -0.05) is 26.7 Å². The van der Waals surface area contributed by atoms with Crippen LogP contribution in [-0.4, -0.2) is 48.9 Å². The Morgan fingerprint density at radius 3 is 2.40 bits per heavy atom. The predicted molar refractivity (Wildman–Crippen MR) is 78.9 cm³/mol. The highest BCUT2D eigenvalue weighted by Crippen LogP contribution is 2.20. The lowest BCUT2D eigenvalue weighted by molar-refractivity contribution is -0.140. The van der Waals surface area contributed by atoms with Crippen LogP contribution >= 0.6 is 0 Å². The lowest BCUT2D eigenvalue weighted by atomic mass is 9.93. The van der Waals surface area contributed by atoms with Crippen LogP contribution < -0.4 is 10.6 Å². The van der Waals surface area contributed by atoms with Gasteiger partial charge in [-0.3, -0.25) is 14.9 Å². The second-order valence-electron chi connectivity index (χ2n) is 6.19. The van der Waals surface area contributed by atoms with Gasteiger partial charge in [0.05, 0.1) is 13.1 Å². The van der Waals surface area contributed by atoms with Gasteiger partial charge in [0.2, 0.25) is 11.8 Å². The summed E-state index contributed by atoms with van der Waals surface area (Å²) in [5, 5.41) is 5.83. The first-order valence-electron chi connectivity index (χ1n) is 7.07. The third kappa shape index (κ3) is 5.22. The third-order valence-corrected chi connectivity index (χ3v) is 3.30. The molecule has 1 aliphatic rings. The zero-order chi connectivity index (χ0) is 15.2. The summed E-state index contributed by atoms with van der Waals surface area (Å²) in [7, 11) is 0. The fourth-order valence-corrected chi connectivity index (χ4v) is 2.23. The second kappa shape index (κ2) is 7.30. The molecule has 5 nitrogen and oxygen atoms in total. The molecule has 1 heterocycles. The lowest BCUT2D eigenvalue weighted by Crippen LogP contribution is -2.50. The van der Waals surface area contributed by atoms with E-state index in [9.17, 15) is 9.59 Å². The van der Waals surface area contributed by atoms with Gasteiger partial charge >= 0.3 is 0 Å². The molecule has 0 radical (unpaired) electrons. The van der Waals surface area contributed by atoms with E-state index in [1.165, 1.54) is 0 Å². The highest BCUT2D eigenvalue weighted by molar-refractivity contribution is 5.81. The first kappa shape index (κ1) is 16.5. The van der Waals surface area contributed by atoms with Crippen LogP contribution in [-0.2, 0) is 9.59 Å². The van der Waals surface area contributed by atoms with Gasteiger partial charge in [0.1, 0.15) is 0 Å². The fraction of sp³-hybridized carbons (Fsp3) is 0.733. The molecule has 0 bridgehead atoms. The van der Waals surface area contributed by atoms with Crippen molar-refractivity contribution in [1.82, 2.24) is 15.5 Å². The van der Waals surface area contributed by atoms with Crippen molar-refractivity contribution in [3.63, 3.8) is 0 Å². The average Bonchev–Trinajstić information content (AvgIpc) is 2.38. The minimum Gasteiger partial charge on any atom is -0.352 e. The Labute approximate surface area is 121 Å². The van der Waals surface area contributed by atoms with Gasteiger partial charge in [-0.05, 0) is 12.8 Å². The summed E-state index contributed by atoms with van der Waals surface area (Å²) < 4.78 is 0. The molecular formula is C15H25N3O2. The number of carbonyl (C=O) groups excluding carboxylic acids is 2. The van der Waals surface area contributed by atoms with Gasteiger partial charge in [-0.2, -0.15) is 0 Å². The van der Waals surface area contributed by atoms with Gasteiger partial charge in [0.25, 0.3) is 0 Å². The SMILES string of the molecule is C#CCNCC(=O)NC1CCN(C(=O)C(C)(C)C)CC1. The molecule has 0 aromatic carbocycles. The van der Waals surface area contributed by atoms with Crippen LogP contribution in [0.1, 0.15) is 33.6 Å². The molecule has 0 spiro atoms. The van der Waals surface area contributed by atoms with Crippen molar-refractivity contribution in [1.29, 1.82) is 0 Å². The first-order chi connectivity index (χ1) is 9.34. The number of amides is 2. The Morgan fingerprint density at radius 1 is 1.30 bits per heavy atom. The van der Waals surface area contributed by atoms with Crippen LogP contribution in [0, 0.1) is 17.8 Å². The summed E-state index contributed by atoms with van der Waals surface area (Å²) in [6.07, 6.45) is 6.71. The maximum atomic E-state index is 12.1. The molecule has 0 aliphatic carbocycles. The first-order valence-corrected chi connectivity index (χ1v) is 7.07. The van der Waals surface area contributed by atoms with E-state index in [1.807, 2.05) is 25.7 Å². The Morgan fingerprint density at radius 2 is 1.90 bits per heavy atom. The van der Waals surface area contributed by atoms with Gasteiger partial charge in [-0.15, -0.1) is 6.42 Å². The molecule has 0 aromatic rings. The largest absolute Gasteiger partial charge is 0.352 e. The Balaban J connectivity index is 2.31. The van der Waals surface area contributed by atoms with E-state index in [0.717, 1.165) is 12.8 Å². The minimum absolute atomic E-state index is 0.0409. The van der Waals surface area contributed by atoms with Crippen LogP contribution in [0.5, 0.6) is 0 Å². The molecule has 0 aromatic heterocycles. The molecule has 2 N–H and O–H groups in total. The predicted octanol–water partition coefficient (Wildman–Crippen LogP) is 0.363. The summed E-state index contributed by atoms with van der Waals surface area (Å²) in [5.74, 6) is 2.56. The second-order valence-corrected chi connectivity index (χ2v) is 6.19. The number of likely N-dealkylation sites (tertiary alicyclic amines) is 1. The summed E-state index contributed by atoms with van der Waals surface area (Å²) in [6, 6.07) is 0.152. The van der Waals surface area contributed by atoms with Crippen molar-refractivity contribution in [2.45, 2.75) is 39.7 Å². The number of terminal acetylenes is 1. The highest BCUT2D eigenvalue weighted by Gasteiger charge is 2.30. The van der Waals surface area contributed by atoms with Crippen molar-refractivity contribution in [3.8, 4) is 12.3 Å². The molecular weight excluding hydrogens is 254 g/mol. The molecule has 1 saturated heterocycles. The summed E-state index contributed by atoms with van der Waals surface area (Å²) in [6.45, 7) is 7.84. The molecule has 0 unspecified atom stereocenters. The monoisotopic (exact) mass is 279 g/mol. The number of piperidine rings is 1. The normalized spacial score (nSPS) is 16.6. The highest BCUT2D eigenvalue weighted by atomic mass is 16.2. The van der Waals surface area contributed by atoms with E-state index >= 15 is 0 Å². The molecule has 1 aliphatic heterocycles. The minimum atomic E-state index is -0.338. The smallest absolute Gasteiger partial charge is 0.234 e. The maximum Gasteiger partial charge on any atom is 0.234 e. The number of carbonyl (C=O) groups is 2. The van der Waals surface area contributed by atoms with Crippen molar-refractivity contribution in [2.75, 3.05) is 26.2 Å². The van der Waals surface area contributed by atoms with Gasteiger partial charge in [0.15, 0.2) is 0 Å². The van der Waals surface area contributed by atoms with Crippen molar-refractivity contribution < 1.29 is 9.59 Å². The van der Waals surface area contributed by atoms with E-state index in [4.69, 9.17) is 6.42 Å². The third-order valence-electron chi connectivity index (χ3n) is 3.30. The lowest BCUT2D eigenvalue weighted by Gasteiger charge is -2.36. The van der Waals surface area contributed by atoms with Gasteiger partial charge < -0.3 is 10.2 Å². The van der Waals surface area contributed by atoms with E-state index < -0.39 is 0 Å². The quantitative estimate of drug-likeness (QED) is 0.577. The maximum absolute atomic E-state index is 12.1. The molecule has 1 fully saturated rings. The van der Waals surface area contributed by atoms with Crippen LogP contribution in [0.25, 0.3) is 0 Å². The number of rotatable bonds is 4. The number of hydrogen-bond acceptors (Lipinski definition) is 3. The van der Waals surface area contributed by atoms with Crippen LogP contribution in [0.3, 0.4) is 0 Å². The van der Waals surface area contributed by atoms with E-state index in [0.29, 0.717) is 19.6 Å². The van der Waals surface area contributed by atoms with E-state index in [-0.39, 0.29) is 29.8 Å². The number of nitrogens with one attached hydrogen (secondary N) is 2. The number of hydrogen-bond donors (Lipinski definition) is 2. The van der Waals surface area contributed by atoms with Crippen molar-refractivity contribution in [2.24, 2.45) is 5.41 Å². The molecule has 2 amide bonds. The van der Waals surface area contributed by atoms with E-state index in [1.54, 1.807) is 0 Å². The molecule has 112 valence electrons. The fourth-order valence-electron chi connectivity index (χ4n) is 2.23. The van der Waals surface area contributed by atoms with Crippen LogP contribution in [0.15, 0.2) is 0 Å². The molecule has 1 rings (SSSR count). The molecule has 0 atom stereocenters. The van der Waals surface area contributed by atoms with E-state index in [2.05, 4.69) is 16.6 Å². The molecule has 20 heavy (non-hydrogen) atoms. The van der Waals surface area contributed by atoms with Gasteiger partial charge in [0, 0.05) is 24.5 Å². The summed E-state index contributed by atoms with van der Waals surface area (Å²) in [4.78, 5) is 25.7. The van der Waals surface area contributed by atoms with Crippen molar-refractivity contribution in [3.05, 3.63) is 0 Å².